The third-order valence-corrected chi connectivity index (χ3v) is 4.00. The SMILES string of the molecule is CNc1snnc1CN1CCC(C)CCC1=O. The van der Waals surface area contributed by atoms with Crippen molar-refractivity contribution in [1.82, 2.24) is 14.5 Å². The number of nitrogens with one attached hydrogen (secondary N) is 1. The first-order chi connectivity index (χ1) is 8.20. The Kier molecular flexibility index (Phi) is 3.93. The molecule has 0 aliphatic carbocycles. The van der Waals surface area contributed by atoms with Gasteiger partial charge < -0.3 is 10.2 Å². The molecule has 5 nitrogen and oxygen atoms in total. The smallest absolute Gasteiger partial charge is 0.222 e. The Balaban J connectivity index is 2.04. The number of carbonyl (C=O) groups excluding carboxylic acids is 1. The predicted molar refractivity (Wildman–Crippen MR) is 67.9 cm³/mol. The highest BCUT2D eigenvalue weighted by molar-refractivity contribution is 7.10. The summed E-state index contributed by atoms with van der Waals surface area (Å²) < 4.78 is 3.91. The van der Waals surface area contributed by atoms with Crippen LogP contribution in [-0.4, -0.2) is 34.0 Å². The summed E-state index contributed by atoms with van der Waals surface area (Å²) in [5.41, 5.74) is 0.875. The molecule has 1 aliphatic heterocycles. The van der Waals surface area contributed by atoms with Crippen LogP contribution in [0.5, 0.6) is 0 Å². The molecular weight excluding hydrogens is 236 g/mol. The maximum absolute atomic E-state index is 11.9. The first-order valence-electron chi connectivity index (χ1n) is 5.97. The second-order valence-corrected chi connectivity index (χ2v) is 5.30. The summed E-state index contributed by atoms with van der Waals surface area (Å²) in [5.74, 6) is 0.880. The fraction of sp³-hybridized carbons (Fsp3) is 0.727. The highest BCUT2D eigenvalue weighted by atomic mass is 32.1. The van der Waals surface area contributed by atoms with E-state index in [1.54, 1.807) is 0 Å². The van der Waals surface area contributed by atoms with Gasteiger partial charge in [0.05, 0.1) is 6.54 Å². The zero-order valence-corrected chi connectivity index (χ0v) is 11.1. The molecule has 6 heteroatoms. The van der Waals surface area contributed by atoms with Crippen molar-refractivity contribution < 1.29 is 4.79 Å². The van der Waals surface area contributed by atoms with Gasteiger partial charge in [-0.05, 0) is 18.8 Å². The molecule has 17 heavy (non-hydrogen) atoms. The van der Waals surface area contributed by atoms with Crippen LogP contribution < -0.4 is 5.32 Å². The minimum atomic E-state index is 0.240. The van der Waals surface area contributed by atoms with Gasteiger partial charge >= 0.3 is 0 Å². The molecule has 0 bridgehead atoms. The average Bonchev–Trinajstić information content (AvgIpc) is 2.71. The van der Waals surface area contributed by atoms with Gasteiger partial charge in [0.2, 0.25) is 5.91 Å². The van der Waals surface area contributed by atoms with Crippen molar-refractivity contribution in [3.05, 3.63) is 5.69 Å². The van der Waals surface area contributed by atoms with E-state index < -0.39 is 0 Å². The van der Waals surface area contributed by atoms with Gasteiger partial charge in [0.1, 0.15) is 10.7 Å². The van der Waals surface area contributed by atoms with Gasteiger partial charge in [-0.1, -0.05) is 11.4 Å². The molecule has 1 aromatic heterocycles. The maximum atomic E-state index is 11.9. The molecule has 2 rings (SSSR count). The molecule has 94 valence electrons. The summed E-state index contributed by atoms with van der Waals surface area (Å²) in [5, 5.41) is 8.09. The van der Waals surface area contributed by atoms with Crippen LogP contribution in [0.1, 0.15) is 31.9 Å². The molecule has 0 saturated carbocycles. The zero-order chi connectivity index (χ0) is 12.3. The van der Waals surface area contributed by atoms with Crippen LogP contribution >= 0.6 is 11.5 Å². The molecule has 1 aromatic rings. The lowest BCUT2D eigenvalue weighted by molar-refractivity contribution is -0.131. The highest BCUT2D eigenvalue weighted by Gasteiger charge is 2.22. The number of aromatic nitrogens is 2. The van der Waals surface area contributed by atoms with Crippen molar-refractivity contribution in [2.45, 2.75) is 32.7 Å². The topological polar surface area (TPSA) is 58.1 Å². The Hall–Kier alpha value is -1.17. The van der Waals surface area contributed by atoms with Gasteiger partial charge in [-0.3, -0.25) is 4.79 Å². The Morgan fingerprint density at radius 3 is 3.12 bits per heavy atom. The molecule has 2 heterocycles. The minimum Gasteiger partial charge on any atom is -0.377 e. The summed E-state index contributed by atoms with van der Waals surface area (Å²) in [6, 6.07) is 0. The van der Waals surface area contributed by atoms with Gasteiger partial charge in [-0.2, -0.15) is 0 Å². The summed E-state index contributed by atoms with van der Waals surface area (Å²) in [6.07, 6.45) is 2.75. The molecule has 0 radical (unpaired) electrons. The minimum absolute atomic E-state index is 0.240. The second kappa shape index (κ2) is 5.44. The predicted octanol–water partition coefficient (Wildman–Crippen LogP) is 1.73. The maximum Gasteiger partial charge on any atom is 0.222 e. The van der Waals surface area contributed by atoms with Gasteiger partial charge in [0, 0.05) is 31.5 Å². The Labute approximate surface area is 105 Å². The molecule has 1 unspecified atom stereocenters. The molecule has 0 aromatic carbocycles. The van der Waals surface area contributed by atoms with Crippen LogP contribution in [0, 0.1) is 5.92 Å². The largest absolute Gasteiger partial charge is 0.377 e. The molecule has 1 aliphatic rings. The van der Waals surface area contributed by atoms with Crippen molar-refractivity contribution in [3.63, 3.8) is 0 Å². The van der Waals surface area contributed by atoms with Crippen LogP contribution in [0.15, 0.2) is 0 Å². The van der Waals surface area contributed by atoms with Gasteiger partial charge in [0.15, 0.2) is 0 Å². The molecule has 1 saturated heterocycles. The van der Waals surface area contributed by atoms with Gasteiger partial charge in [-0.15, -0.1) is 5.10 Å². The Morgan fingerprint density at radius 2 is 2.35 bits per heavy atom. The third kappa shape index (κ3) is 2.94. The van der Waals surface area contributed by atoms with Crippen LogP contribution in [0.2, 0.25) is 0 Å². The van der Waals surface area contributed by atoms with E-state index in [-0.39, 0.29) is 5.91 Å². The number of carbonyl (C=O) groups is 1. The number of hydrogen-bond acceptors (Lipinski definition) is 5. The first-order valence-corrected chi connectivity index (χ1v) is 6.74. The van der Waals surface area contributed by atoms with Crippen molar-refractivity contribution in [1.29, 1.82) is 0 Å². The fourth-order valence-corrected chi connectivity index (χ4v) is 2.55. The molecule has 0 spiro atoms. The number of likely N-dealkylation sites (tertiary alicyclic amines) is 1. The van der Waals surface area contributed by atoms with Crippen molar-refractivity contribution in [2.24, 2.45) is 5.92 Å². The summed E-state index contributed by atoms with van der Waals surface area (Å²) >= 11 is 1.33. The van der Waals surface area contributed by atoms with Crippen molar-refractivity contribution in [2.75, 3.05) is 18.9 Å². The van der Waals surface area contributed by atoms with Crippen molar-refractivity contribution >= 4 is 22.4 Å². The summed E-state index contributed by atoms with van der Waals surface area (Å²) in [6.45, 7) is 3.62. The van der Waals surface area contributed by atoms with Crippen LogP contribution in [-0.2, 0) is 11.3 Å². The molecular formula is C11H18N4OS. The number of nitrogens with zero attached hydrogens (tertiary/aromatic N) is 3. The van der Waals surface area contributed by atoms with E-state index in [9.17, 15) is 4.79 Å². The lowest BCUT2D eigenvalue weighted by Gasteiger charge is -2.19. The molecule has 1 amide bonds. The van der Waals surface area contributed by atoms with E-state index in [1.807, 2.05) is 11.9 Å². The molecule has 1 fully saturated rings. The fourth-order valence-electron chi connectivity index (χ4n) is 2.02. The van der Waals surface area contributed by atoms with Gasteiger partial charge in [-0.25, -0.2) is 0 Å². The van der Waals surface area contributed by atoms with Crippen LogP contribution in [0.4, 0.5) is 5.00 Å². The second-order valence-electron chi connectivity index (χ2n) is 4.55. The quantitative estimate of drug-likeness (QED) is 0.892. The lowest BCUT2D eigenvalue weighted by Crippen LogP contribution is -2.30. The number of amides is 1. The van der Waals surface area contributed by atoms with E-state index in [0.29, 0.717) is 18.9 Å². The first kappa shape index (κ1) is 12.3. The van der Waals surface area contributed by atoms with E-state index >= 15 is 0 Å². The van der Waals surface area contributed by atoms with Gasteiger partial charge in [0.25, 0.3) is 0 Å². The third-order valence-electron chi connectivity index (χ3n) is 3.22. The highest BCUT2D eigenvalue weighted by Crippen LogP contribution is 2.22. The van der Waals surface area contributed by atoms with E-state index in [0.717, 1.165) is 30.1 Å². The van der Waals surface area contributed by atoms with Crippen molar-refractivity contribution in [3.8, 4) is 0 Å². The van der Waals surface area contributed by atoms with E-state index in [2.05, 4.69) is 21.8 Å². The molecule has 1 N–H and O–H groups in total. The lowest BCUT2D eigenvalue weighted by atomic mass is 10.0. The Bertz CT molecular complexity index is 393. The number of rotatable bonds is 3. The zero-order valence-electron chi connectivity index (χ0n) is 10.3. The summed E-state index contributed by atoms with van der Waals surface area (Å²) in [7, 11) is 1.85. The Morgan fingerprint density at radius 1 is 1.53 bits per heavy atom. The summed E-state index contributed by atoms with van der Waals surface area (Å²) in [4.78, 5) is 13.9. The monoisotopic (exact) mass is 254 g/mol. The van der Waals surface area contributed by atoms with E-state index in [1.165, 1.54) is 11.5 Å². The number of hydrogen-bond donors (Lipinski definition) is 1. The van der Waals surface area contributed by atoms with Crippen LogP contribution in [0.3, 0.4) is 0 Å². The standard InChI is InChI=1S/C11H18N4OS/c1-8-3-4-10(16)15(6-5-8)7-9-11(12-2)17-14-13-9/h8,12H,3-7H2,1-2H3. The number of anilines is 1. The van der Waals surface area contributed by atoms with E-state index in [4.69, 9.17) is 0 Å². The normalized spacial score (nSPS) is 21.4. The average molecular weight is 254 g/mol. The molecule has 1 atom stereocenters. The van der Waals surface area contributed by atoms with Crippen LogP contribution in [0.25, 0.3) is 0 Å².